The Morgan fingerprint density at radius 1 is 0.900 bits per heavy atom. The van der Waals surface area contributed by atoms with E-state index in [4.69, 9.17) is 0 Å². The van der Waals surface area contributed by atoms with E-state index >= 15 is 0 Å². The molecule has 0 amide bonds. The summed E-state index contributed by atoms with van der Waals surface area (Å²) < 4.78 is 2.74. The minimum absolute atomic E-state index is 0.735. The number of rotatable bonds is 2. The van der Waals surface area contributed by atoms with Gasteiger partial charge in [0.1, 0.15) is 0 Å². The van der Waals surface area contributed by atoms with E-state index in [1.807, 2.05) is 0 Å². The first-order valence-corrected chi connectivity index (χ1v) is 7.00. The molecule has 0 aliphatic heterocycles. The average Bonchev–Trinajstić information content (AvgIpc) is 2.06. The van der Waals surface area contributed by atoms with E-state index in [1.165, 1.54) is 41.0 Å². The van der Waals surface area contributed by atoms with Gasteiger partial charge in [0.2, 0.25) is 0 Å². The highest BCUT2D eigenvalue weighted by atomic mass is 127. The molecule has 0 aromatic rings. The minimum atomic E-state index is 0.735. The van der Waals surface area contributed by atoms with Crippen LogP contribution in [0.15, 0.2) is 0 Å². The fraction of sp³-hybridized carbons (Fsp3) is 1.00. The van der Waals surface area contributed by atoms with Crippen LogP contribution in [0, 0.1) is 5.41 Å². The SMILES string of the molecule is ICC1(CI)CCCCC1. The molecule has 2 heteroatoms. The van der Waals surface area contributed by atoms with E-state index in [0.717, 1.165) is 5.41 Å². The summed E-state index contributed by atoms with van der Waals surface area (Å²) in [5.41, 5.74) is 0.735. The first kappa shape index (κ1) is 9.55. The molecule has 0 aromatic carbocycles. The molecule has 0 bridgehead atoms. The Kier molecular flexibility index (Phi) is 4.27. The lowest BCUT2D eigenvalue weighted by atomic mass is 9.78. The van der Waals surface area contributed by atoms with Crippen molar-refractivity contribution in [3.05, 3.63) is 0 Å². The Hall–Kier alpha value is 1.46. The van der Waals surface area contributed by atoms with E-state index in [9.17, 15) is 0 Å². The molecule has 1 aliphatic rings. The Labute approximate surface area is 90.8 Å². The molecular formula is C8H14I2. The summed E-state index contributed by atoms with van der Waals surface area (Å²) in [6, 6.07) is 0. The van der Waals surface area contributed by atoms with E-state index in [-0.39, 0.29) is 0 Å². The third-order valence-electron chi connectivity index (χ3n) is 2.48. The monoisotopic (exact) mass is 364 g/mol. The van der Waals surface area contributed by atoms with Crippen LogP contribution in [0.5, 0.6) is 0 Å². The van der Waals surface area contributed by atoms with Crippen LogP contribution in [0.1, 0.15) is 32.1 Å². The first-order chi connectivity index (χ1) is 4.83. The van der Waals surface area contributed by atoms with Crippen molar-refractivity contribution < 1.29 is 0 Å². The van der Waals surface area contributed by atoms with Crippen LogP contribution in [-0.2, 0) is 0 Å². The summed E-state index contributed by atoms with van der Waals surface area (Å²) in [7, 11) is 0. The van der Waals surface area contributed by atoms with Crippen molar-refractivity contribution in [2.45, 2.75) is 32.1 Å². The maximum atomic E-state index is 2.55. The molecule has 1 fully saturated rings. The molecular weight excluding hydrogens is 350 g/mol. The van der Waals surface area contributed by atoms with Gasteiger partial charge in [0.05, 0.1) is 0 Å². The van der Waals surface area contributed by atoms with Crippen LogP contribution in [-0.4, -0.2) is 8.86 Å². The number of hydrogen-bond acceptors (Lipinski definition) is 0. The molecule has 0 radical (unpaired) electrons. The normalized spacial score (nSPS) is 24.6. The summed E-state index contributed by atoms with van der Waals surface area (Å²) in [4.78, 5) is 0. The van der Waals surface area contributed by atoms with Gasteiger partial charge in [-0.05, 0) is 18.3 Å². The lowest BCUT2D eigenvalue weighted by Crippen LogP contribution is -2.27. The standard InChI is InChI=1S/C8H14I2/c9-6-8(7-10)4-2-1-3-5-8/h1-7H2. The molecule has 60 valence electrons. The van der Waals surface area contributed by atoms with Crippen molar-refractivity contribution in [2.75, 3.05) is 8.86 Å². The highest BCUT2D eigenvalue weighted by molar-refractivity contribution is 14.1. The van der Waals surface area contributed by atoms with Gasteiger partial charge in [0.15, 0.2) is 0 Å². The van der Waals surface area contributed by atoms with E-state index in [2.05, 4.69) is 45.2 Å². The third kappa shape index (κ3) is 2.22. The molecule has 1 aliphatic carbocycles. The zero-order valence-electron chi connectivity index (χ0n) is 6.21. The minimum Gasteiger partial charge on any atom is -0.0857 e. The number of hydrogen-bond donors (Lipinski definition) is 0. The van der Waals surface area contributed by atoms with Crippen molar-refractivity contribution in [3.63, 3.8) is 0 Å². The largest absolute Gasteiger partial charge is 0.0857 e. The van der Waals surface area contributed by atoms with Crippen molar-refractivity contribution in [1.29, 1.82) is 0 Å². The first-order valence-electron chi connectivity index (χ1n) is 3.95. The summed E-state index contributed by atoms with van der Waals surface area (Å²) >= 11 is 5.11. The smallest absolute Gasteiger partial charge is 0.00593 e. The third-order valence-corrected chi connectivity index (χ3v) is 5.72. The maximum Gasteiger partial charge on any atom is 0.00593 e. The molecule has 0 N–H and O–H groups in total. The molecule has 0 atom stereocenters. The van der Waals surface area contributed by atoms with Crippen molar-refractivity contribution in [3.8, 4) is 0 Å². The van der Waals surface area contributed by atoms with Crippen LogP contribution < -0.4 is 0 Å². The molecule has 0 nitrogen and oxygen atoms in total. The zero-order valence-corrected chi connectivity index (χ0v) is 10.5. The van der Waals surface area contributed by atoms with Crippen molar-refractivity contribution in [2.24, 2.45) is 5.41 Å². The van der Waals surface area contributed by atoms with Crippen LogP contribution >= 0.6 is 45.2 Å². The molecule has 10 heavy (non-hydrogen) atoms. The molecule has 1 rings (SSSR count). The van der Waals surface area contributed by atoms with Crippen LogP contribution in [0.2, 0.25) is 0 Å². The quantitative estimate of drug-likeness (QED) is 0.517. The van der Waals surface area contributed by atoms with Gasteiger partial charge in [-0.3, -0.25) is 0 Å². The van der Waals surface area contributed by atoms with Gasteiger partial charge in [-0.15, -0.1) is 0 Å². The molecule has 0 spiro atoms. The summed E-state index contributed by atoms with van der Waals surface area (Å²) in [5, 5.41) is 0. The number of alkyl halides is 2. The van der Waals surface area contributed by atoms with Crippen LogP contribution in [0.25, 0.3) is 0 Å². The lowest BCUT2D eigenvalue weighted by molar-refractivity contribution is 0.267. The Morgan fingerprint density at radius 3 is 1.70 bits per heavy atom. The van der Waals surface area contributed by atoms with Crippen LogP contribution in [0.4, 0.5) is 0 Å². The second-order valence-corrected chi connectivity index (χ2v) is 4.85. The number of halogens is 2. The maximum absolute atomic E-state index is 2.55. The zero-order chi connectivity index (χ0) is 7.45. The Morgan fingerprint density at radius 2 is 1.40 bits per heavy atom. The lowest BCUT2D eigenvalue weighted by Gasteiger charge is -2.33. The second-order valence-electron chi connectivity index (χ2n) is 3.33. The van der Waals surface area contributed by atoms with E-state index < -0.39 is 0 Å². The van der Waals surface area contributed by atoms with Gasteiger partial charge < -0.3 is 0 Å². The Balaban J connectivity index is 2.44. The highest BCUT2D eigenvalue weighted by Gasteiger charge is 2.29. The van der Waals surface area contributed by atoms with Crippen molar-refractivity contribution >= 4 is 45.2 Å². The van der Waals surface area contributed by atoms with Gasteiger partial charge in [0, 0.05) is 8.86 Å². The average molecular weight is 364 g/mol. The van der Waals surface area contributed by atoms with Crippen molar-refractivity contribution in [1.82, 2.24) is 0 Å². The predicted molar refractivity (Wildman–Crippen MR) is 63.3 cm³/mol. The van der Waals surface area contributed by atoms with Gasteiger partial charge in [-0.25, -0.2) is 0 Å². The van der Waals surface area contributed by atoms with E-state index in [0.29, 0.717) is 0 Å². The van der Waals surface area contributed by atoms with Crippen LogP contribution in [0.3, 0.4) is 0 Å². The fourth-order valence-corrected chi connectivity index (χ4v) is 4.70. The van der Waals surface area contributed by atoms with Gasteiger partial charge in [0.25, 0.3) is 0 Å². The van der Waals surface area contributed by atoms with Gasteiger partial charge in [-0.1, -0.05) is 64.4 Å². The molecule has 0 aromatic heterocycles. The molecule has 0 unspecified atom stereocenters. The van der Waals surface area contributed by atoms with E-state index in [1.54, 1.807) is 0 Å². The van der Waals surface area contributed by atoms with Gasteiger partial charge >= 0.3 is 0 Å². The predicted octanol–water partition coefficient (Wildman–Crippen LogP) is 3.81. The topological polar surface area (TPSA) is 0 Å². The molecule has 0 saturated heterocycles. The molecule has 0 heterocycles. The summed E-state index contributed by atoms with van der Waals surface area (Å²) in [6.07, 6.45) is 7.41. The summed E-state index contributed by atoms with van der Waals surface area (Å²) in [6.45, 7) is 0. The van der Waals surface area contributed by atoms with Gasteiger partial charge in [-0.2, -0.15) is 0 Å². The fourth-order valence-electron chi connectivity index (χ4n) is 1.60. The molecule has 1 saturated carbocycles. The second kappa shape index (κ2) is 4.48. The highest BCUT2D eigenvalue weighted by Crippen LogP contribution is 2.39. The Bertz CT molecular complexity index is 89.4. The summed E-state index contributed by atoms with van der Waals surface area (Å²) in [5.74, 6) is 0.